The molecule has 0 fully saturated rings. The molecule has 0 saturated carbocycles. The molecule has 0 bridgehead atoms. The third-order valence-electron chi connectivity index (χ3n) is 4.01. The molecule has 0 saturated heterocycles. The van der Waals surface area contributed by atoms with E-state index in [4.69, 9.17) is 0 Å². The lowest BCUT2D eigenvalue weighted by atomic mass is 10.2. The van der Waals surface area contributed by atoms with Crippen LogP contribution in [-0.2, 0) is 11.3 Å². The normalized spacial score (nSPS) is 12.6. The first kappa shape index (κ1) is 20.4. The summed E-state index contributed by atoms with van der Waals surface area (Å²) < 4.78 is 66.6. The van der Waals surface area contributed by atoms with Gasteiger partial charge in [-0.2, -0.15) is 5.10 Å². The fraction of sp³-hybridized carbons (Fsp3) is 0.294. The summed E-state index contributed by atoms with van der Waals surface area (Å²) in [7, 11) is 0. The van der Waals surface area contributed by atoms with Crippen LogP contribution in [0.5, 0.6) is 0 Å². The Balaban J connectivity index is 1.70. The van der Waals surface area contributed by atoms with Gasteiger partial charge in [0.15, 0.2) is 0 Å². The van der Waals surface area contributed by atoms with Crippen LogP contribution >= 0.6 is 0 Å². The maximum Gasteiger partial charge on any atom is 0.282 e. The molecule has 7 nitrogen and oxygen atoms in total. The van der Waals surface area contributed by atoms with Crippen LogP contribution in [0.25, 0.3) is 0 Å². The van der Waals surface area contributed by atoms with E-state index in [1.807, 2.05) is 0 Å². The molecule has 1 amide bonds. The molecule has 29 heavy (non-hydrogen) atoms. The molecule has 0 spiro atoms. The van der Waals surface area contributed by atoms with Gasteiger partial charge < -0.3 is 0 Å². The average Bonchev–Trinajstić information content (AvgIpc) is 3.30. The number of carbonyl (C=O) groups is 1. The molecule has 1 unspecified atom stereocenters. The highest BCUT2D eigenvalue weighted by atomic mass is 19.3. The SMILES string of the molecule is CC(C(=O)Nc1ncn(Cc2ccc(F)cc2)n1)n1nc(C(F)F)cc1C(F)F. The number of amides is 1. The fourth-order valence-corrected chi connectivity index (χ4v) is 2.54. The molecule has 1 atom stereocenters. The maximum absolute atomic E-state index is 13.1. The summed E-state index contributed by atoms with van der Waals surface area (Å²) in [6, 6.07) is 4.94. The topological polar surface area (TPSA) is 77.6 Å². The summed E-state index contributed by atoms with van der Waals surface area (Å²) in [5, 5.41) is 9.75. The van der Waals surface area contributed by atoms with Gasteiger partial charge in [-0.15, -0.1) is 5.10 Å². The highest BCUT2D eigenvalue weighted by Crippen LogP contribution is 2.27. The van der Waals surface area contributed by atoms with E-state index in [9.17, 15) is 26.7 Å². The van der Waals surface area contributed by atoms with Crippen LogP contribution < -0.4 is 5.32 Å². The highest BCUT2D eigenvalue weighted by Gasteiger charge is 2.27. The zero-order valence-corrected chi connectivity index (χ0v) is 14.9. The second kappa shape index (κ2) is 8.37. The molecule has 12 heteroatoms. The van der Waals surface area contributed by atoms with Crippen molar-refractivity contribution in [2.45, 2.75) is 32.4 Å². The molecule has 0 aliphatic carbocycles. The molecule has 1 aromatic carbocycles. The molecule has 0 aliphatic heterocycles. The average molecular weight is 414 g/mol. The van der Waals surface area contributed by atoms with E-state index in [2.05, 4.69) is 20.5 Å². The molecule has 154 valence electrons. The largest absolute Gasteiger partial charge is 0.291 e. The Labute approximate surface area is 161 Å². The van der Waals surface area contributed by atoms with Gasteiger partial charge in [0.1, 0.15) is 29.6 Å². The first-order chi connectivity index (χ1) is 13.7. The number of benzene rings is 1. The van der Waals surface area contributed by atoms with Crippen LogP contribution in [-0.4, -0.2) is 30.5 Å². The van der Waals surface area contributed by atoms with Crippen molar-refractivity contribution in [3.05, 3.63) is 59.4 Å². The smallest absolute Gasteiger partial charge is 0.282 e. The number of anilines is 1. The zero-order chi connectivity index (χ0) is 21.1. The van der Waals surface area contributed by atoms with E-state index >= 15 is 0 Å². The predicted molar refractivity (Wildman–Crippen MR) is 91.0 cm³/mol. The van der Waals surface area contributed by atoms with Gasteiger partial charge >= 0.3 is 0 Å². The summed E-state index contributed by atoms with van der Waals surface area (Å²) in [6.07, 6.45) is -4.82. The van der Waals surface area contributed by atoms with Gasteiger partial charge in [-0.3, -0.25) is 14.8 Å². The van der Waals surface area contributed by atoms with Crippen molar-refractivity contribution in [1.29, 1.82) is 0 Å². The van der Waals surface area contributed by atoms with E-state index in [1.165, 1.54) is 30.1 Å². The zero-order valence-electron chi connectivity index (χ0n) is 14.9. The van der Waals surface area contributed by atoms with Crippen molar-refractivity contribution in [3.8, 4) is 0 Å². The monoisotopic (exact) mass is 414 g/mol. The number of alkyl halides is 4. The van der Waals surface area contributed by atoms with Gasteiger partial charge in [-0.1, -0.05) is 12.1 Å². The number of hydrogen-bond donors (Lipinski definition) is 1. The molecule has 0 aliphatic rings. The number of rotatable bonds is 7. The van der Waals surface area contributed by atoms with Crippen molar-refractivity contribution in [2.75, 3.05) is 5.32 Å². The van der Waals surface area contributed by atoms with Crippen LogP contribution in [0, 0.1) is 5.82 Å². The Morgan fingerprint density at radius 2 is 1.79 bits per heavy atom. The Morgan fingerprint density at radius 1 is 1.10 bits per heavy atom. The number of nitrogens with zero attached hydrogens (tertiary/aromatic N) is 5. The van der Waals surface area contributed by atoms with E-state index in [-0.39, 0.29) is 18.3 Å². The van der Waals surface area contributed by atoms with E-state index in [0.717, 1.165) is 5.56 Å². The van der Waals surface area contributed by atoms with Crippen LogP contribution in [0.2, 0.25) is 0 Å². The number of aromatic nitrogens is 5. The van der Waals surface area contributed by atoms with Gasteiger partial charge in [0.05, 0.1) is 6.54 Å². The van der Waals surface area contributed by atoms with Gasteiger partial charge in [-0.25, -0.2) is 31.6 Å². The quantitative estimate of drug-likeness (QED) is 0.598. The van der Waals surface area contributed by atoms with Gasteiger partial charge in [-0.05, 0) is 30.7 Å². The minimum Gasteiger partial charge on any atom is -0.291 e. The molecule has 2 heterocycles. The third-order valence-corrected chi connectivity index (χ3v) is 4.01. The van der Waals surface area contributed by atoms with Crippen LogP contribution in [0.4, 0.5) is 27.9 Å². The third kappa shape index (κ3) is 4.76. The second-order valence-corrected chi connectivity index (χ2v) is 6.10. The maximum atomic E-state index is 13.1. The Morgan fingerprint density at radius 3 is 2.41 bits per heavy atom. The summed E-state index contributed by atoms with van der Waals surface area (Å²) in [4.78, 5) is 16.2. The summed E-state index contributed by atoms with van der Waals surface area (Å²) in [5.74, 6) is -1.30. The Kier molecular flexibility index (Phi) is 5.89. The number of nitrogens with one attached hydrogen (secondary N) is 1. The van der Waals surface area contributed by atoms with E-state index < -0.39 is 36.2 Å². The Bertz CT molecular complexity index is 985. The van der Waals surface area contributed by atoms with Crippen LogP contribution in [0.1, 0.15) is 42.8 Å². The lowest BCUT2D eigenvalue weighted by molar-refractivity contribution is -0.119. The highest BCUT2D eigenvalue weighted by molar-refractivity contribution is 5.91. The molecule has 3 aromatic rings. The first-order valence-corrected chi connectivity index (χ1v) is 8.35. The lowest BCUT2D eigenvalue weighted by Gasteiger charge is -2.14. The molecular formula is C17H15F5N6O. The van der Waals surface area contributed by atoms with E-state index in [0.29, 0.717) is 10.7 Å². The molecule has 0 radical (unpaired) electrons. The second-order valence-electron chi connectivity index (χ2n) is 6.10. The van der Waals surface area contributed by atoms with Gasteiger partial charge in [0.2, 0.25) is 5.95 Å². The number of halogens is 5. The summed E-state index contributed by atoms with van der Waals surface area (Å²) >= 11 is 0. The molecule has 1 N–H and O–H groups in total. The van der Waals surface area contributed by atoms with Crippen molar-refractivity contribution < 1.29 is 26.7 Å². The number of carbonyl (C=O) groups excluding carboxylic acids is 1. The lowest BCUT2D eigenvalue weighted by Crippen LogP contribution is -2.26. The van der Waals surface area contributed by atoms with Crippen molar-refractivity contribution in [1.82, 2.24) is 24.5 Å². The summed E-state index contributed by atoms with van der Waals surface area (Å²) in [6.45, 7) is 1.49. The van der Waals surface area contributed by atoms with Crippen molar-refractivity contribution >= 4 is 11.9 Å². The molecular weight excluding hydrogens is 399 g/mol. The minimum atomic E-state index is -3.08. The predicted octanol–water partition coefficient (Wildman–Crippen LogP) is 3.74. The van der Waals surface area contributed by atoms with Gasteiger partial charge in [0.25, 0.3) is 18.8 Å². The van der Waals surface area contributed by atoms with E-state index in [1.54, 1.807) is 12.1 Å². The minimum absolute atomic E-state index is 0.108. The van der Waals surface area contributed by atoms with Crippen LogP contribution in [0.15, 0.2) is 36.7 Å². The number of hydrogen-bond acceptors (Lipinski definition) is 4. The molecule has 3 rings (SSSR count). The summed E-state index contributed by atoms with van der Waals surface area (Å²) in [5.41, 5.74) is -0.903. The Hall–Kier alpha value is -3.31. The van der Waals surface area contributed by atoms with Crippen molar-refractivity contribution in [3.63, 3.8) is 0 Å². The van der Waals surface area contributed by atoms with Gasteiger partial charge in [0, 0.05) is 0 Å². The van der Waals surface area contributed by atoms with Crippen molar-refractivity contribution in [2.24, 2.45) is 0 Å². The van der Waals surface area contributed by atoms with Crippen LogP contribution in [0.3, 0.4) is 0 Å². The fourth-order valence-electron chi connectivity index (χ4n) is 2.54. The molecule has 2 aromatic heterocycles. The first-order valence-electron chi connectivity index (χ1n) is 8.35. The standard InChI is InChI=1S/C17H15F5N6O/c1-9(28-13(15(21)22)6-12(25-28)14(19)20)16(29)24-17-23-8-27(26-17)7-10-2-4-11(18)5-3-10/h2-6,8-9,14-15H,7H2,1H3,(H,24,26,29).